The number of nitrogens with two attached hydrogens (primary N) is 2. The van der Waals surface area contributed by atoms with Crippen molar-refractivity contribution in [1.29, 1.82) is 0 Å². The zero-order valence-electron chi connectivity index (χ0n) is 24.2. The minimum Gasteiger partial charge on any atom is -0.489 e. The summed E-state index contributed by atoms with van der Waals surface area (Å²) in [6.45, 7) is 3.05. The SMILES string of the molecule is CC(C)(O)C1Cc2c(c3c4oc(cc(=O)c4c2OC2CCCC2)C(O)C2(CCCC2)C(CO)(N=C(N)N)CSSC3)O1. The van der Waals surface area contributed by atoms with Gasteiger partial charge in [0.2, 0.25) is 0 Å². The van der Waals surface area contributed by atoms with Gasteiger partial charge in [-0.25, -0.2) is 4.99 Å². The van der Waals surface area contributed by atoms with E-state index < -0.39 is 28.8 Å². The molecule has 1 aromatic heterocycles. The quantitative estimate of drug-likeness (QED) is 0.188. The molecule has 1 spiro atoms. The first kappa shape index (κ1) is 29.9. The fraction of sp³-hybridized carbons (Fsp3) is 0.667. The van der Waals surface area contributed by atoms with Gasteiger partial charge in [-0.05, 0) is 52.4 Å². The number of aliphatic imine (C=N–C) groups is 1. The molecule has 2 bridgehead atoms. The highest BCUT2D eigenvalue weighted by molar-refractivity contribution is 8.76. The standard InChI is InChI=1S/C30H41N3O7S2/c1-28(2,37)21-11-17-23(40-21)18-13-41-42-15-30(14-34,33-27(31)32)29(9-5-6-10-29)26(36)20-12-19(35)22(25(18)39-20)24(17)38-16-7-3-4-8-16/h12,16,21,26,34,36-37H,3-11,13-15H2,1-2H3,(H4,31,32,33). The van der Waals surface area contributed by atoms with Gasteiger partial charge in [-0.3, -0.25) is 4.79 Å². The molecule has 0 radical (unpaired) electrons. The number of fused-ring (bicyclic) bond motifs is 3. The van der Waals surface area contributed by atoms with Crippen LogP contribution in [0.1, 0.15) is 88.2 Å². The van der Waals surface area contributed by atoms with Gasteiger partial charge in [-0.2, -0.15) is 0 Å². The molecule has 0 amide bonds. The lowest BCUT2D eigenvalue weighted by Crippen LogP contribution is -2.55. The van der Waals surface area contributed by atoms with Crippen molar-refractivity contribution in [2.45, 2.75) is 107 Å². The first-order chi connectivity index (χ1) is 20.0. The highest BCUT2D eigenvalue weighted by Crippen LogP contribution is 2.59. The van der Waals surface area contributed by atoms with E-state index in [-0.39, 0.29) is 29.9 Å². The molecule has 3 heterocycles. The summed E-state index contributed by atoms with van der Waals surface area (Å²) in [6.07, 6.45) is 5.28. The van der Waals surface area contributed by atoms with Gasteiger partial charge in [0.1, 0.15) is 46.0 Å². The van der Waals surface area contributed by atoms with Crippen LogP contribution in [0, 0.1) is 5.41 Å². The number of benzene rings is 1. The maximum atomic E-state index is 14.1. The Morgan fingerprint density at radius 1 is 1.17 bits per heavy atom. The number of guanidine groups is 1. The molecule has 12 heteroatoms. The van der Waals surface area contributed by atoms with Crippen LogP contribution < -0.4 is 26.4 Å². The Kier molecular flexibility index (Phi) is 7.91. The van der Waals surface area contributed by atoms with Crippen LogP contribution in [-0.2, 0) is 12.2 Å². The molecular weight excluding hydrogens is 578 g/mol. The number of aliphatic hydroxyl groups excluding tert-OH is 2. The lowest BCUT2D eigenvalue weighted by atomic mass is 9.65. The van der Waals surface area contributed by atoms with Crippen molar-refractivity contribution in [2.75, 3.05) is 12.4 Å². The monoisotopic (exact) mass is 619 g/mol. The molecule has 4 aliphatic rings. The van der Waals surface area contributed by atoms with E-state index in [0.717, 1.165) is 44.1 Å². The number of aliphatic hydroxyl groups is 3. The molecule has 2 aliphatic carbocycles. The zero-order chi connectivity index (χ0) is 29.9. The van der Waals surface area contributed by atoms with Crippen molar-refractivity contribution in [3.8, 4) is 11.5 Å². The van der Waals surface area contributed by atoms with Crippen LogP contribution in [-0.4, -0.2) is 57.0 Å². The highest BCUT2D eigenvalue weighted by atomic mass is 33.1. The van der Waals surface area contributed by atoms with Gasteiger partial charge < -0.3 is 40.7 Å². The Labute approximate surface area is 253 Å². The predicted octanol–water partition coefficient (Wildman–Crippen LogP) is 3.68. The average molecular weight is 620 g/mol. The van der Waals surface area contributed by atoms with Crippen LogP contribution in [0.4, 0.5) is 0 Å². The second-order valence-corrected chi connectivity index (χ2v) is 15.3. The molecule has 0 saturated heterocycles. The van der Waals surface area contributed by atoms with Gasteiger partial charge in [0.25, 0.3) is 0 Å². The van der Waals surface area contributed by atoms with E-state index in [1.807, 2.05) is 0 Å². The molecule has 2 saturated carbocycles. The lowest BCUT2D eigenvalue weighted by molar-refractivity contribution is -0.0538. The molecule has 2 aliphatic heterocycles. The summed E-state index contributed by atoms with van der Waals surface area (Å²) in [5.41, 5.74) is 10.0. The fourth-order valence-electron chi connectivity index (χ4n) is 7.42. The summed E-state index contributed by atoms with van der Waals surface area (Å²) in [4.78, 5) is 18.7. The Bertz CT molecular complexity index is 1440. The molecule has 42 heavy (non-hydrogen) atoms. The van der Waals surface area contributed by atoms with E-state index in [1.165, 1.54) is 27.7 Å². The Hall–Kier alpha value is -2.12. The molecule has 1 aromatic carbocycles. The molecule has 3 unspecified atom stereocenters. The number of nitrogens with zero attached hydrogens (tertiary/aromatic N) is 1. The molecule has 230 valence electrons. The van der Waals surface area contributed by atoms with Crippen molar-refractivity contribution in [2.24, 2.45) is 21.9 Å². The van der Waals surface area contributed by atoms with Gasteiger partial charge in [-0.15, -0.1) is 0 Å². The van der Waals surface area contributed by atoms with Crippen LogP contribution in [0.25, 0.3) is 11.0 Å². The van der Waals surface area contributed by atoms with Crippen molar-refractivity contribution < 1.29 is 29.2 Å². The largest absolute Gasteiger partial charge is 0.489 e. The third kappa shape index (κ3) is 4.87. The summed E-state index contributed by atoms with van der Waals surface area (Å²) in [7, 11) is 3.02. The Morgan fingerprint density at radius 3 is 2.52 bits per heavy atom. The van der Waals surface area contributed by atoms with Gasteiger partial charge in [-0.1, -0.05) is 34.4 Å². The van der Waals surface area contributed by atoms with E-state index >= 15 is 0 Å². The van der Waals surface area contributed by atoms with Crippen LogP contribution >= 0.6 is 21.6 Å². The minimum atomic E-state index is -1.25. The van der Waals surface area contributed by atoms with Gasteiger partial charge in [0.05, 0.1) is 18.3 Å². The molecule has 6 rings (SSSR count). The average Bonchev–Trinajstić information content (AvgIpc) is 3.71. The summed E-state index contributed by atoms with van der Waals surface area (Å²) in [5.74, 6) is 1.72. The Morgan fingerprint density at radius 2 is 1.88 bits per heavy atom. The van der Waals surface area contributed by atoms with Crippen LogP contribution in [0.15, 0.2) is 20.3 Å². The first-order valence-corrected chi connectivity index (χ1v) is 17.3. The van der Waals surface area contributed by atoms with Gasteiger partial charge in [0, 0.05) is 40.5 Å². The van der Waals surface area contributed by atoms with E-state index in [4.69, 9.17) is 25.4 Å². The first-order valence-electron chi connectivity index (χ1n) is 14.8. The second kappa shape index (κ2) is 11.1. The van der Waals surface area contributed by atoms with Crippen LogP contribution in [0.3, 0.4) is 0 Å². The van der Waals surface area contributed by atoms with Crippen molar-refractivity contribution in [3.63, 3.8) is 0 Å². The molecule has 2 aromatic rings. The maximum Gasteiger partial charge on any atom is 0.196 e. The molecular formula is C30H41N3O7S2. The summed E-state index contributed by atoms with van der Waals surface area (Å²) in [5, 5.41) is 34.2. The summed E-state index contributed by atoms with van der Waals surface area (Å²) >= 11 is 0. The highest BCUT2D eigenvalue weighted by Gasteiger charge is 2.58. The van der Waals surface area contributed by atoms with E-state index in [9.17, 15) is 20.1 Å². The second-order valence-electron chi connectivity index (χ2n) is 12.8. The molecule has 2 fully saturated rings. The predicted molar refractivity (Wildman–Crippen MR) is 165 cm³/mol. The maximum absolute atomic E-state index is 14.1. The normalized spacial score (nSPS) is 27.6. The topological polar surface area (TPSA) is 174 Å². The number of ether oxygens (including phenoxy) is 2. The number of rotatable bonds is 5. The third-order valence-electron chi connectivity index (χ3n) is 9.72. The zero-order valence-corrected chi connectivity index (χ0v) is 25.8. The summed E-state index contributed by atoms with van der Waals surface area (Å²) in [6, 6.07) is 1.36. The minimum absolute atomic E-state index is 0.0208. The fourth-order valence-corrected chi connectivity index (χ4v) is 10.0. The number of hydrogen-bond acceptors (Lipinski definition) is 10. The van der Waals surface area contributed by atoms with Crippen molar-refractivity contribution >= 4 is 38.5 Å². The van der Waals surface area contributed by atoms with Crippen molar-refractivity contribution in [3.05, 3.63) is 33.2 Å². The number of hydrogen-bond donors (Lipinski definition) is 5. The van der Waals surface area contributed by atoms with Crippen LogP contribution in [0.5, 0.6) is 11.5 Å². The molecule has 3 atom stereocenters. The van der Waals surface area contributed by atoms with Gasteiger partial charge in [0.15, 0.2) is 11.4 Å². The summed E-state index contributed by atoms with van der Waals surface area (Å²) < 4.78 is 19.6. The smallest absolute Gasteiger partial charge is 0.196 e. The molecule has 10 nitrogen and oxygen atoms in total. The molecule has 7 N–H and O–H groups in total. The lowest BCUT2D eigenvalue weighted by Gasteiger charge is -2.47. The van der Waals surface area contributed by atoms with E-state index in [0.29, 0.717) is 58.8 Å². The van der Waals surface area contributed by atoms with Gasteiger partial charge >= 0.3 is 0 Å². The van der Waals surface area contributed by atoms with E-state index in [1.54, 1.807) is 13.8 Å². The van der Waals surface area contributed by atoms with Crippen LogP contribution in [0.2, 0.25) is 0 Å². The van der Waals surface area contributed by atoms with E-state index in [2.05, 4.69) is 4.99 Å². The van der Waals surface area contributed by atoms with Crippen molar-refractivity contribution in [1.82, 2.24) is 0 Å². The Balaban J connectivity index is 1.59. The third-order valence-corrected chi connectivity index (χ3v) is 12.1.